The number of fused-ring (bicyclic) bond motifs is 1. The number of aromatic nitrogens is 3. The van der Waals surface area contributed by atoms with Crippen molar-refractivity contribution in [3.8, 4) is 17.2 Å². The molecule has 0 spiro atoms. The molecule has 0 saturated carbocycles. The van der Waals surface area contributed by atoms with Crippen molar-refractivity contribution in [2.45, 2.75) is 19.3 Å². The number of benzene rings is 2. The highest BCUT2D eigenvalue weighted by Gasteiger charge is 2.23. The second kappa shape index (κ2) is 8.16. The van der Waals surface area contributed by atoms with Gasteiger partial charge in [-0.15, -0.1) is 0 Å². The maximum atomic E-state index is 15.4. The van der Waals surface area contributed by atoms with Crippen molar-refractivity contribution in [1.29, 1.82) is 0 Å². The lowest BCUT2D eigenvalue weighted by atomic mass is 10.1. The van der Waals surface area contributed by atoms with E-state index in [9.17, 15) is 9.59 Å². The summed E-state index contributed by atoms with van der Waals surface area (Å²) >= 11 is 5.96. The fraction of sp³-hybridized carbons (Fsp3) is 0.167. The Morgan fingerprint density at radius 1 is 1.00 bits per heavy atom. The minimum absolute atomic E-state index is 0.0190. The number of pyridine rings is 1. The van der Waals surface area contributed by atoms with E-state index in [0.717, 1.165) is 12.8 Å². The van der Waals surface area contributed by atoms with E-state index in [1.165, 1.54) is 16.8 Å². The van der Waals surface area contributed by atoms with Crippen LogP contribution in [-0.4, -0.2) is 27.0 Å². The summed E-state index contributed by atoms with van der Waals surface area (Å²) in [6.07, 6.45) is 3.60. The number of halogens is 2. The first-order chi connectivity index (χ1) is 15.5. The van der Waals surface area contributed by atoms with Gasteiger partial charge in [0.25, 0.3) is 5.56 Å². The first-order valence-corrected chi connectivity index (χ1v) is 10.6. The van der Waals surface area contributed by atoms with E-state index in [1.807, 2.05) is 0 Å². The predicted octanol–water partition coefficient (Wildman–Crippen LogP) is 4.76. The molecular weight excluding hydrogens is 431 g/mol. The molecule has 3 heterocycles. The van der Waals surface area contributed by atoms with Gasteiger partial charge in [-0.3, -0.25) is 9.59 Å². The van der Waals surface area contributed by atoms with Crippen molar-refractivity contribution in [2.24, 2.45) is 0 Å². The molecule has 0 radical (unpaired) electrons. The SMILES string of the molecule is O=C1CCCCN1c1ccc(-c2nc3ccccc3c(=O)n2-c2ccc(Cl)cn2)c(F)c1. The van der Waals surface area contributed by atoms with Gasteiger partial charge < -0.3 is 4.90 Å². The number of amides is 1. The average molecular weight is 449 g/mol. The fourth-order valence-corrected chi connectivity index (χ4v) is 4.07. The number of carbonyl (C=O) groups excluding carboxylic acids is 1. The predicted molar refractivity (Wildman–Crippen MR) is 122 cm³/mol. The van der Waals surface area contributed by atoms with E-state index < -0.39 is 5.82 Å². The highest BCUT2D eigenvalue weighted by Crippen LogP contribution is 2.29. The summed E-state index contributed by atoms with van der Waals surface area (Å²) in [4.78, 5) is 36.0. The van der Waals surface area contributed by atoms with E-state index in [2.05, 4.69) is 9.97 Å². The van der Waals surface area contributed by atoms with Crippen LogP contribution in [0.25, 0.3) is 28.1 Å². The van der Waals surface area contributed by atoms with E-state index in [-0.39, 0.29) is 28.7 Å². The number of anilines is 1. The van der Waals surface area contributed by atoms with Crippen molar-refractivity contribution in [3.05, 3.63) is 82.0 Å². The smallest absolute Gasteiger partial charge is 0.267 e. The Kier molecular flexibility index (Phi) is 5.19. The lowest BCUT2D eigenvalue weighted by molar-refractivity contribution is -0.119. The molecule has 160 valence electrons. The van der Waals surface area contributed by atoms with Gasteiger partial charge >= 0.3 is 0 Å². The van der Waals surface area contributed by atoms with Gasteiger partial charge in [0.1, 0.15) is 11.6 Å². The standard InChI is InChI=1S/C24H18ClFN4O2/c25-15-8-11-21(27-14-15)30-23(28-20-6-2-1-5-18(20)24(30)32)17-10-9-16(13-19(17)26)29-12-4-3-7-22(29)31/h1-2,5-6,8-11,13-14H,3-4,7,12H2. The summed E-state index contributed by atoms with van der Waals surface area (Å²) in [5.74, 6) is -0.194. The van der Waals surface area contributed by atoms with Gasteiger partial charge in [-0.1, -0.05) is 23.7 Å². The Labute approximate surface area is 187 Å². The summed E-state index contributed by atoms with van der Waals surface area (Å²) < 4.78 is 16.7. The number of para-hydroxylation sites is 1. The summed E-state index contributed by atoms with van der Waals surface area (Å²) in [6, 6.07) is 14.6. The van der Waals surface area contributed by atoms with E-state index in [1.54, 1.807) is 53.4 Å². The molecule has 6 nitrogen and oxygen atoms in total. The zero-order valence-corrected chi connectivity index (χ0v) is 17.7. The van der Waals surface area contributed by atoms with Gasteiger partial charge in [-0.2, -0.15) is 0 Å². The van der Waals surface area contributed by atoms with Crippen molar-refractivity contribution in [3.63, 3.8) is 0 Å². The van der Waals surface area contributed by atoms with Crippen LogP contribution in [0.5, 0.6) is 0 Å². The second-order valence-corrected chi connectivity index (χ2v) is 8.03. The highest BCUT2D eigenvalue weighted by atomic mass is 35.5. The summed E-state index contributed by atoms with van der Waals surface area (Å²) in [7, 11) is 0. The third-order valence-corrected chi connectivity index (χ3v) is 5.77. The molecule has 8 heteroatoms. The topological polar surface area (TPSA) is 68.1 Å². The molecule has 32 heavy (non-hydrogen) atoms. The number of hydrogen-bond donors (Lipinski definition) is 0. The van der Waals surface area contributed by atoms with Crippen LogP contribution in [0.1, 0.15) is 19.3 Å². The molecule has 2 aromatic heterocycles. The molecule has 0 aliphatic carbocycles. The lowest BCUT2D eigenvalue weighted by Crippen LogP contribution is -2.35. The molecule has 1 saturated heterocycles. The molecule has 0 N–H and O–H groups in total. The second-order valence-electron chi connectivity index (χ2n) is 7.59. The van der Waals surface area contributed by atoms with E-state index >= 15 is 4.39 Å². The van der Waals surface area contributed by atoms with Crippen molar-refractivity contribution >= 4 is 34.1 Å². The summed E-state index contributed by atoms with van der Waals surface area (Å²) in [6.45, 7) is 0.561. The monoisotopic (exact) mass is 448 g/mol. The highest BCUT2D eigenvalue weighted by molar-refractivity contribution is 6.30. The Balaban J connectivity index is 1.71. The van der Waals surface area contributed by atoms with Gasteiger partial charge in [0.05, 0.1) is 21.5 Å². The first kappa shape index (κ1) is 20.3. The van der Waals surface area contributed by atoms with Gasteiger partial charge in [0.15, 0.2) is 5.82 Å². The van der Waals surface area contributed by atoms with Crippen LogP contribution in [-0.2, 0) is 4.79 Å². The van der Waals surface area contributed by atoms with Crippen LogP contribution in [0, 0.1) is 5.82 Å². The van der Waals surface area contributed by atoms with Gasteiger partial charge in [0, 0.05) is 24.8 Å². The number of hydrogen-bond acceptors (Lipinski definition) is 4. The number of carbonyl (C=O) groups is 1. The quantitative estimate of drug-likeness (QED) is 0.453. The van der Waals surface area contributed by atoms with Crippen LogP contribution in [0.15, 0.2) is 65.6 Å². The zero-order chi connectivity index (χ0) is 22.2. The number of nitrogens with zero attached hydrogens (tertiary/aromatic N) is 4. The molecule has 1 fully saturated rings. The van der Waals surface area contributed by atoms with Crippen LogP contribution in [0.2, 0.25) is 5.02 Å². The molecule has 0 atom stereocenters. The minimum atomic E-state index is -0.578. The van der Waals surface area contributed by atoms with Crippen LogP contribution in [0.4, 0.5) is 10.1 Å². The van der Waals surface area contributed by atoms with Crippen molar-refractivity contribution < 1.29 is 9.18 Å². The molecular formula is C24H18ClFN4O2. The molecule has 5 rings (SSSR count). The summed E-state index contributed by atoms with van der Waals surface area (Å²) in [5.41, 5.74) is 0.718. The number of piperidine rings is 1. The lowest BCUT2D eigenvalue weighted by Gasteiger charge is -2.27. The molecule has 4 aromatic rings. The third-order valence-electron chi connectivity index (χ3n) is 5.55. The molecule has 2 aromatic carbocycles. The maximum absolute atomic E-state index is 15.4. The van der Waals surface area contributed by atoms with Crippen LogP contribution >= 0.6 is 11.6 Å². The van der Waals surface area contributed by atoms with Crippen molar-refractivity contribution in [2.75, 3.05) is 11.4 Å². The molecule has 1 amide bonds. The van der Waals surface area contributed by atoms with Crippen molar-refractivity contribution in [1.82, 2.24) is 14.5 Å². The molecule has 1 aliphatic rings. The fourth-order valence-electron chi connectivity index (χ4n) is 3.96. The Morgan fingerprint density at radius 2 is 1.84 bits per heavy atom. The Bertz CT molecular complexity index is 1400. The van der Waals surface area contributed by atoms with Gasteiger partial charge in [-0.25, -0.2) is 18.9 Å². The Morgan fingerprint density at radius 3 is 2.59 bits per heavy atom. The maximum Gasteiger partial charge on any atom is 0.267 e. The molecule has 0 unspecified atom stereocenters. The average Bonchev–Trinajstić information content (AvgIpc) is 2.80. The normalized spacial score (nSPS) is 14.2. The first-order valence-electron chi connectivity index (χ1n) is 10.3. The number of rotatable bonds is 3. The van der Waals surface area contributed by atoms with E-state index in [0.29, 0.717) is 34.6 Å². The summed E-state index contributed by atoms with van der Waals surface area (Å²) in [5, 5.41) is 0.808. The third kappa shape index (κ3) is 3.54. The van der Waals surface area contributed by atoms with Gasteiger partial charge in [0.2, 0.25) is 5.91 Å². The van der Waals surface area contributed by atoms with E-state index in [4.69, 9.17) is 11.6 Å². The minimum Gasteiger partial charge on any atom is -0.312 e. The van der Waals surface area contributed by atoms with Crippen LogP contribution < -0.4 is 10.5 Å². The Hall–Kier alpha value is -3.58. The van der Waals surface area contributed by atoms with Crippen LogP contribution in [0.3, 0.4) is 0 Å². The molecule has 1 aliphatic heterocycles. The zero-order valence-electron chi connectivity index (χ0n) is 17.0. The van der Waals surface area contributed by atoms with Gasteiger partial charge in [-0.05, 0) is 55.3 Å². The largest absolute Gasteiger partial charge is 0.312 e. The molecule has 0 bridgehead atoms.